The summed E-state index contributed by atoms with van der Waals surface area (Å²) >= 11 is 1.52. The van der Waals surface area contributed by atoms with Gasteiger partial charge >= 0.3 is 0 Å². The van der Waals surface area contributed by atoms with E-state index < -0.39 is 0 Å². The molecule has 5 heteroatoms. The SMILES string of the molecule is CC(CNC(=O)Cc1csc(-c2ccoc2)n1)c1ccccc1. The first-order valence-electron chi connectivity index (χ1n) is 7.51. The second-order valence-electron chi connectivity index (χ2n) is 5.45. The van der Waals surface area contributed by atoms with E-state index in [0.29, 0.717) is 13.0 Å². The van der Waals surface area contributed by atoms with Gasteiger partial charge in [0.2, 0.25) is 5.91 Å². The fourth-order valence-corrected chi connectivity index (χ4v) is 3.11. The molecule has 0 aliphatic heterocycles. The van der Waals surface area contributed by atoms with Crippen LogP contribution in [0.25, 0.3) is 10.6 Å². The molecule has 118 valence electrons. The summed E-state index contributed by atoms with van der Waals surface area (Å²) in [6.07, 6.45) is 3.58. The van der Waals surface area contributed by atoms with E-state index in [4.69, 9.17) is 4.42 Å². The maximum atomic E-state index is 12.1. The fourth-order valence-electron chi connectivity index (χ4n) is 2.30. The number of nitrogens with one attached hydrogen (secondary N) is 1. The van der Waals surface area contributed by atoms with E-state index in [1.165, 1.54) is 16.9 Å². The maximum absolute atomic E-state index is 12.1. The molecule has 0 aliphatic carbocycles. The largest absolute Gasteiger partial charge is 0.472 e. The molecule has 0 saturated carbocycles. The van der Waals surface area contributed by atoms with Crippen molar-refractivity contribution in [2.45, 2.75) is 19.3 Å². The van der Waals surface area contributed by atoms with Gasteiger partial charge in [-0.05, 0) is 17.5 Å². The number of rotatable bonds is 6. The molecule has 3 rings (SSSR count). The molecule has 1 N–H and O–H groups in total. The van der Waals surface area contributed by atoms with E-state index in [1.54, 1.807) is 12.5 Å². The third-order valence-electron chi connectivity index (χ3n) is 3.64. The Labute approximate surface area is 139 Å². The van der Waals surface area contributed by atoms with Crippen LogP contribution in [0.4, 0.5) is 0 Å². The molecule has 23 heavy (non-hydrogen) atoms. The topological polar surface area (TPSA) is 55.1 Å². The van der Waals surface area contributed by atoms with Crippen molar-refractivity contribution in [3.63, 3.8) is 0 Å². The Hall–Kier alpha value is -2.40. The first kappa shape index (κ1) is 15.5. The van der Waals surface area contributed by atoms with Crippen molar-refractivity contribution in [2.24, 2.45) is 0 Å². The van der Waals surface area contributed by atoms with Crippen LogP contribution in [0, 0.1) is 0 Å². The summed E-state index contributed by atoms with van der Waals surface area (Å²) in [5.74, 6) is 0.286. The lowest BCUT2D eigenvalue weighted by molar-refractivity contribution is -0.120. The Balaban J connectivity index is 1.52. The van der Waals surface area contributed by atoms with Crippen LogP contribution < -0.4 is 5.32 Å². The van der Waals surface area contributed by atoms with E-state index in [9.17, 15) is 4.79 Å². The quantitative estimate of drug-likeness (QED) is 0.748. The number of thiazole rings is 1. The monoisotopic (exact) mass is 326 g/mol. The second kappa shape index (κ2) is 7.24. The lowest BCUT2D eigenvalue weighted by Crippen LogP contribution is -2.28. The van der Waals surface area contributed by atoms with Crippen LogP contribution in [0.2, 0.25) is 0 Å². The minimum absolute atomic E-state index is 0.00294. The number of carbonyl (C=O) groups is 1. The van der Waals surface area contributed by atoms with Crippen molar-refractivity contribution in [3.05, 3.63) is 65.6 Å². The average Bonchev–Trinajstić information content (AvgIpc) is 3.24. The Morgan fingerprint density at radius 3 is 2.87 bits per heavy atom. The van der Waals surface area contributed by atoms with Crippen LogP contribution in [0.5, 0.6) is 0 Å². The molecule has 1 unspecified atom stereocenters. The van der Waals surface area contributed by atoms with Gasteiger partial charge in [0.15, 0.2) is 0 Å². The lowest BCUT2D eigenvalue weighted by atomic mass is 10.0. The van der Waals surface area contributed by atoms with Gasteiger partial charge in [-0.25, -0.2) is 4.98 Å². The molecule has 0 radical (unpaired) electrons. The zero-order chi connectivity index (χ0) is 16.1. The van der Waals surface area contributed by atoms with Crippen LogP contribution in [-0.4, -0.2) is 17.4 Å². The predicted octanol–water partition coefficient (Wildman–Crippen LogP) is 3.87. The molecular formula is C18H18N2O2S. The molecule has 2 heterocycles. The summed E-state index contributed by atoms with van der Waals surface area (Å²) in [4.78, 5) is 16.6. The normalized spacial score (nSPS) is 12.0. The summed E-state index contributed by atoms with van der Waals surface area (Å²) in [7, 11) is 0. The molecular weight excluding hydrogens is 308 g/mol. The average molecular weight is 326 g/mol. The minimum Gasteiger partial charge on any atom is -0.472 e. The Bertz CT molecular complexity index is 750. The number of amides is 1. The number of aromatic nitrogens is 1. The second-order valence-corrected chi connectivity index (χ2v) is 6.31. The third-order valence-corrected chi connectivity index (χ3v) is 4.58. The highest BCUT2D eigenvalue weighted by atomic mass is 32.1. The van der Waals surface area contributed by atoms with Crippen molar-refractivity contribution in [1.29, 1.82) is 0 Å². The molecule has 0 spiro atoms. The van der Waals surface area contributed by atoms with Crippen LogP contribution in [0.3, 0.4) is 0 Å². The van der Waals surface area contributed by atoms with Crippen LogP contribution in [-0.2, 0) is 11.2 Å². The maximum Gasteiger partial charge on any atom is 0.226 e. The smallest absolute Gasteiger partial charge is 0.226 e. The van der Waals surface area contributed by atoms with Gasteiger partial charge in [0, 0.05) is 17.5 Å². The van der Waals surface area contributed by atoms with E-state index >= 15 is 0 Å². The van der Waals surface area contributed by atoms with Gasteiger partial charge in [0.25, 0.3) is 0 Å². The zero-order valence-corrected chi connectivity index (χ0v) is 13.7. The third kappa shape index (κ3) is 4.07. The zero-order valence-electron chi connectivity index (χ0n) is 12.9. The van der Waals surface area contributed by atoms with Gasteiger partial charge in [0.1, 0.15) is 11.3 Å². The molecule has 0 saturated heterocycles. The van der Waals surface area contributed by atoms with Gasteiger partial charge in [0.05, 0.1) is 18.4 Å². The standard InChI is InChI=1S/C18H18N2O2S/c1-13(14-5-3-2-4-6-14)10-19-17(21)9-16-12-23-18(20-16)15-7-8-22-11-15/h2-8,11-13H,9-10H2,1H3,(H,19,21). The van der Waals surface area contributed by atoms with Crippen molar-refractivity contribution in [2.75, 3.05) is 6.54 Å². The molecule has 2 aromatic heterocycles. The number of carbonyl (C=O) groups excluding carboxylic acids is 1. The van der Waals surface area contributed by atoms with Crippen molar-refractivity contribution < 1.29 is 9.21 Å². The van der Waals surface area contributed by atoms with Crippen LogP contribution in [0.1, 0.15) is 24.1 Å². The summed E-state index contributed by atoms with van der Waals surface area (Å²) < 4.78 is 5.05. The van der Waals surface area contributed by atoms with Crippen molar-refractivity contribution >= 4 is 17.2 Å². The van der Waals surface area contributed by atoms with Gasteiger partial charge in [-0.15, -0.1) is 11.3 Å². The number of benzene rings is 1. The van der Waals surface area contributed by atoms with Gasteiger partial charge in [-0.3, -0.25) is 4.79 Å². The fraction of sp³-hybridized carbons (Fsp3) is 0.222. The Kier molecular flexibility index (Phi) is 4.88. The number of nitrogens with zero attached hydrogens (tertiary/aromatic N) is 1. The van der Waals surface area contributed by atoms with Crippen LogP contribution in [0.15, 0.2) is 58.7 Å². The molecule has 1 amide bonds. The van der Waals surface area contributed by atoms with E-state index in [-0.39, 0.29) is 11.8 Å². The highest BCUT2D eigenvalue weighted by Crippen LogP contribution is 2.24. The number of hydrogen-bond donors (Lipinski definition) is 1. The minimum atomic E-state index is -0.00294. The first-order valence-corrected chi connectivity index (χ1v) is 8.39. The number of hydrogen-bond acceptors (Lipinski definition) is 4. The Morgan fingerprint density at radius 1 is 1.30 bits per heavy atom. The van der Waals surface area contributed by atoms with Gasteiger partial charge in [-0.2, -0.15) is 0 Å². The van der Waals surface area contributed by atoms with Crippen molar-refractivity contribution in [1.82, 2.24) is 10.3 Å². The molecule has 0 aliphatic rings. The lowest BCUT2D eigenvalue weighted by Gasteiger charge is -2.12. The molecule has 3 aromatic rings. The summed E-state index contributed by atoms with van der Waals surface area (Å²) in [6.45, 7) is 2.73. The molecule has 1 aromatic carbocycles. The Morgan fingerprint density at radius 2 is 2.13 bits per heavy atom. The van der Waals surface area contributed by atoms with E-state index in [2.05, 4.69) is 29.4 Å². The summed E-state index contributed by atoms with van der Waals surface area (Å²) in [6, 6.07) is 12.0. The molecule has 0 fully saturated rings. The highest BCUT2D eigenvalue weighted by molar-refractivity contribution is 7.13. The highest BCUT2D eigenvalue weighted by Gasteiger charge is 2.11. The molecule has 0 bridgehead atoms. The summed E-state index contributed by atoms with van der Waals surface area (Å²) in [5, 5.41) is 5.77. The number of furan rings is 1. The van der Waals surface area contributed by atoms with Crippen molar-refractivity contribution in [3.8, 4) is 10.6 Å². The molecule has 4 nitrogen and oxygen atoms in total. The van der Waals surface area contributed by atoms with Gasteiger partial charge in [-0.1, -0.05) is 37.3 Å². The van der Waals surface area contributed by atoms with E-state index in [1.807, 2.05) is 29.6 Å². The van der Waals surface area contributed by atoms with E-state index in [0.717, 1.165) is 16.3 Å². The molecule has 1 atom stereocenters. The van der Waals surface area contributed by atoms with Crippen LogP contribution >= 0.6 is 11.3 Å². The first-order chi connectivity index (χ1) is 11.2. The predicted molar refractivity (Wildman–Crippen MR) is 91.4 cm³/mol. The summed E-state index contributed by atoms with van der Waals surface area (Å²) in [5.41, 5.74) is 2.96. The van der Waals surface area contributed by atoms with Gasteiger partial charge < -0.3 is 9.73 Å².